The summed E-state index contributed by atoms with van der Waals surface area (Å²) < 4.78 is 1.76. The zero-order valence-corrected chi connectivity index (χ0v) is 9.47. The smallest absolute Gasteiger partial charge is 0.153 e. The van der Waals surface area contributed by atoms with Gasteiger partial charge in [0, 0.05) is 13.5 Å². The Morgan fingerprint density at radius 2 is 2.25 bits per heavy atom. The molecule has 0 fully saturated rings. The molecule has 2 aromatic rings. The fourth-order valence-electron chi connectivity index (χ4n) is 1.81. The van der Waals surface area contributed by atoms with E-state index in [1.807, 2.05) is 13.1 Å². The van der Waals surface area contributed by atoms with Gasteiger partial charge < -0.3 is 0 Å². The molecule has 16 heavy (non-hydrogen) atoms. The second-order valence-electron chi connectivity index (χ2n) is 3.95. The van der Waals surface area contributed by atoms with Crippen LogP contribution in [0.15, 0.2) is 30.5 Å². The van der Waals surface area contributed by atoms with Crippen LogP contribution in [0.4, 0.5) is 0 Å². The largest absolute Gasteiger partial charge is 0.298 e. The molecule has 82 valence electrons. The van der Waals surface area contributed by atoms with E-state index < -0.39 is 0 Å². The predicted molar refractivity (Wildman–Crippen MR) is 62.6 cm³/mol. The van der Waals surface area contributed by atoms with Gasteiger partial charge in [-0.15, -0.1) is 0 Å². The Hall–Kier alpha value is -1.90. The van der Waals surface area contributed by atoms with E-state index in [4.69, 9.17) is 0 Å². The number of carbonyl (C=O) groups is 1. The highest BCUT2D eigenvalue weighted by Gasteiger charge is 2.08. The molecule has 0 saturated carbocycles. The third-order valence-corrected chi connectivity index (χ3v) is 2.67. The summed E-state index contributed by atoms with van der Waals surface area (Å²) in [6.45, 7) is 2.06. The molecule has 2 rings (SSSR count). The topological polar surface area (TPSA) is 34.9 Å². The maximum atomic E-state index is 10.8. The predicted octanol–water partition coefficient (Wildman–Crippen LogP) is 2.13. The Morgan fingerprint density at radius 1 is 1.44 bits per heavy atom. The van der Waals surface area contributed by atoms with Crippen LogP contribution in [0.5, 0.6) is 0 Å². The quantitative estimate of drug-likeness (QED) is 0.734. The van der Waals surface area contributed by atoms with Crippen LogP contribution in [0.1, 0.15) is 27.2 Å². The maximum Gasteiger partial charge on any atom is 0.153 e. The molecule has 1 aromatic carbocycles. The number of benzene rings is 1. The molecule has 0 unspecified atom stereocenters. The van der Waals surface area contributed by atoms with Crippen LogP contribution in [0, 0.1) is 6.92 Å². The minimum absolute atomic E-state index is 0.670. The number of rotatable bonds is 3. The van der Waals surface area contributed by atoms with Crippen LogP contribution in [-0.2, 0) is 13.5 Å². The molecule has 0 amide bonds. The van der Waals surface area contributed by atoms with E-state index >= 15 is 0 Å². The molecule has 0 aliphatic heterocycles. The number of aryl methyl sites for hydroxylation is 2. The monoisotopic (exact) mass is 214 g/mol. The molecule has 0 saturated heterocycles. The van der Waals surface area contributed by atoms with Crippen molar-refractivity contribution in [2.75, 3.05) is 0 Å². The van der Waals surface area contributed by atoms with Gasteiger partial charge in [0.15, 0.2) is 6.29 Å². The summed E-state index contributed by atoms with van der Waals surface area (Å²) in [5.74, 6) is 0. The van der Waals surface area contributed by atoms with Gasteiger partial charge in [-0.3, -0.25) is 9.48 Å². The number of aldehydes is 1. The minimum atomic E-state index is 0.670. The molecule has 0 bridgehead atoms. The van der Waals surface area contributed by atoms with Gasteiger partial charge in [-0.05, 0) is 12.5 Å². The zero-order valence-electron chi connectivity index (χ0n) is 9.47. The standard InChI is InChI=1S/C13H14N2O/c1-10-4-3-5-11(6-10)7-13-12(9-16)8-14-15(13)2/h3-6,8-9H,7H2,1-2H3. The van der Waals surface area contributed by atoms with Crippen LogP contribution in [0.2, 0.25) is 0 Å². The first-order chi connectivity index (χ1) is 7.70. The fourth-order valence-corrected chi connectivity index (χ4v) is 1.81. The van der Waals surface area contributed by atoms with Gasteiger partial charge in [0.05, 0.1) is 17.5 Å². The van der Waals surface area contributed by atoms with E-state index in [-0.39, 0.29) is 0 Å². The van der Waals surface area contributed by atoms with Crippen molar-refractivity contribution in [3.63, 3.8) is 0 Å². The van der Waals surface area contributed by atoms with Crippen LogP contribution >= 0.6 is 0 Å². The van der Waals surface area contributed by atoms with Gasteiger partial charge in [-0.25, -0.2) is 0 Å². The minimum Gasteiger partial charge on any atom is -0.298 e. The third-order valence-electron chi connectivity index (χ3n) is 2.67. The molecule has 0 aliphatic carbocycles. The lowest BCUT2D eigenvalue weighted by atomic mass is 10.1. The molecule has 0 atom stereocenters. The van der Waals surface area contributed by atoms with Gasteiger partial charge in [0.2, 0.25) is 0 Å². The lowest BCUT2D eigenvalue weighted by molar-refractivity contribution is 0.112. The molecule has 0 aliphatic rings. The van der Waals surface area contributed by atoms with E-state index in [1.165, 1.54) is 11.1 Å². The van der Waals surface area contributed by atoms with Gasteiger partial charge >= 0.3 is 0 Å². The van der Waals surface area contributed by atoms with Crippen molar-refractivity contribution in [3.8, 4) is 0 Å². The summed E-state index contributed by atoms with van der Waals surface area (Å²) in [7, 11) is 1.86. The second kappa shape index (κ2) is 4.31. The summed E-state index contributed by atoms with van der Waals surface area (Å²) in [4.78, 5) is 10.8. The Morgan fingerprint density at radius 3 is 2.94 bits per heavy atom. The van der Waals surface area contributed by atoms with Crippen molar-refractivity contribution < 1.29 is 4.79 Å². The Bertz CT molecular complexity index is 514. The molecule has 1 heterocycles. The van der Waals surface area contributed by atoms with E-state index in [1.54, 1.807) is 10.9 Å². The number of nitrogens with zero attached hydrogens (tertiary/aromatic N) is 2. The molecular weight excluding hydrogens is 200 g/mol. The summed E-state index contributed by atoms with van der Waals surface area (Å²) in [5.41, 5.74) is 4.06. The van der Waals surface area contributed by atoms with Crippen molar-refractivity contribution in [2.24, 2.45) is 7.05 Å². The first kappa shape index (κ1) is 10.6. The molecular formula is C13H14N2O. The molecule has 1 aromatic heterocycles. The highest BCUT2D eigenvalue weighted by Crippen LogP contribution is 2.13. The summed E-state index contributed by atoms with van der Waals surface area (Å²) in [5, 5.41) is 4.09. The number of aromatic nitrogens is 2. The summed E-state index contributed by atoms with van der Waals surface area (Å²) >= 11 is 0. The SMILES string of the molecule is Cc1cccc(Cc2c(C=O)cnn2C)c1. The zero-order chi connectivity index (χ0) is 11.5. The van der Waals surface area contributed by atoms with Gasteiger partial charge in [0.25, 0.3) is 0 Å². The molecule has 0 radical (unpaired) electrons. The number of carbonyl (C=O) groups excluding carboxylic acids is 1. The molecule has 3 nitrogen and oxygen atoms in total. The van der Waals surface area contributed by atoms with Crippen LogP contribution in [-0.4, -0.2) is 16.1 Å². The van der Waals surface area contributed by atoms with Crippen molar-refractivity contribution in [3.05, 3.63) is 52.8 Å². The second-order valence-corrected chi connectivity index (χ2v) is 3.95. The van der Waals surface area contributed by atoms with Crippen LogP contribution in [0.25, 0.3) is 0 Å². The third kappa shape index (κ3) is 2.03. The van der Waals surface area contributed by atoms with E-state index in [0.717, 1.165) is 18.4 Å². The lowest BCUT2D eigenvalue weighted by Crippen LogP contribution is -2.01. The average molecular weight is 214 g/mol. The van der Waals surface area contributed by atoms with E-state index in [2.05, 4.69) is 30.2 Å². The van der Waals surface area contributed by atoms with Gasteiger partial charge in [0.1, 0.15) is 0 Å². The average Bonchev–Trinajstić information content (AvgIpc) is 2.60. The Labute approximate surface area is 94.7 Å². The Balaban J connectivity index is 2.33. The molecule has 0 spiro atoms. The van der Waals surface area contributed by atoms with Gasteiger partial charge in [-0.2, -0.15) is 5.10 Å². The Kier molecular flexibility index (Phi) is 2.86. The lowest BCUT2D eigenvalue weighted by Gasteiger charge is -2.04. The molecule has 3 heteroatoms. The first-order valence-electron chi connectivity index (χ1n) is 5.22. The summed E-state index contributed by atoms with van der Waals surface area (Å²) in [6, 6.07) is 8.28. The normalized spacial score (nSPS) is 10.4. The van der Waals surface area contributed by atoms with Crippen LogP contribution < -0.4 is 0 Å². The number of hydrogen-bond acceptors (Lipinski definition) is 2. The van der Waals surface area contributed by atoms with E-state index in [9.17, 15) is 4.79 Å². The van der Waals surface area contributed by atoms with Crippen molar-refractivity contribution in [1.29, 1.82) is 0 Å². The van der Waals surface area contributed by atoms with E-state index in [0.29, 0.717) is 5.56 Å². The highest BCUT2D eigenvalue weighted by atomic mass is 16.1. The molecule has 0 N–H and O–H groups in total. The van der Waals surface area contributed by atoms with Crippen molar-refractivity contribution >= 4 is 6.29 Å². The first-order valence-corrected chi connectivity index (χ1v) is 5.22. The summed E-state index contributed by atoms with van der Waals surface area (Å²) in [6.07, 6.45) is 3.21. The van der Waals surface area contributed by atoms with Crippen molar-refractivity contribution in [1.82, 2.24) is 9.78 Å². The van der Waals surface area contributed by atoms with Crippen LogP contribution in [0.3, 0.4) is 0 Å². The fraction of sp³-hybridized carbons (Fsp3) is 0.231. The number of hydrogen-bond donors (Lipinski definition) is 0. The van der Waals surface area contributed by atoms with Gasteiger partial charge in [-0.1, -0.05) is 29.8 Å². The highest BCUT2D eigenvalue weighted by molar-refractivity contribution is 5.76. The maximum absolute atomic E-state index is 10.8. The van der Waals surface area contributed by atoms with Crippen molar-refractivity contribution in [2.45, 2.75) is 13.3 Å².